The van der Waals surface area contributed by atoms with Gasteiger partial charge in [0.2, 0.25) is 5.95 Å². The van der Waals surface area contributed by atoms with E-state index < -0.39 is 0 Å². The molecule has 0 fully saturated rings. The summed E-state index contributed by atoms with van der Waals surface area (Å²) in [6.07, 6.45) is 1.06. The van der Waals surface area contributed by atoms with E-state index in [1.54, 1.807) is 0 Å². The van der Waals surface area contributed by atoms with Gasteiger partial charge in [0.05, 0.1) is 5.52 Å². The van der Waals surface area contributed by atoms with Gasteiger partial charge < -0.3 is 4.90 Å². The molecule has 0 amide bonds. The van der Waals surface area contributed by atoms with Crippen molar-refractivity contribution in [2.75, 3.05) is 17.4 Å². The van der Waals surface area contributed by atoms with Crippen molar-refractivity contribution in [3.05, 3.63) is 24.3 Å². The number of benzene rings is 1. The van der Waals surface area contributed by atoms with Gasteiger partial charge in [-0.05, 0) is 25.5 Å². The first-order valence-corrected chi connectivity index (χ1v) is 6.13. The summed E-state index contributed by atoms with van der Waals surface area (Å²) < 4.78 is 0. The van der Waals surface area contributed by atoms with E-state index >= 15 is 0 Å². The van der Waals surface area contributed by atoms with E-state index in [0.717, 1.165) is 23.1 Å². The topological polar surface area (TPSA) is 67.1 Å². The van der Waals surface area contributed by atoms with Crippen molar-refractivity contribution in [3.63, 3.8) is 0 Å². The predicted octanol–water partition coefficient (Wildman–Crippen LogP) is 2.15. The van der Waals surface area contributed by atoms with Crippen LogP contribution in [0.25, 0.3) is 10.9 Å². The molecule has 5 heteroatoms. The fraction of sp³-hybridized carbons (Fsp3) is 0.385. The highest BCUT2D eigenvalue weighted by Crippen LogP contribution is 2.25. The molecule has 0 aliphatic heterocycles. The number of hydrogen-bond acceptors (Lipinski definition) is 5. The molecule has 0 aliphatic carbocycles. The smallest absolute Gasteiger partial charge is 0.239 e. The molecule has 1 atom stereocenters. The molecule has 18 heavy (non-hydrogen) atoms. The molecule has 0 saturated heterocycles. The first-order chi connectivity index (χ1) is 8.67. The molecular formula is C13H19N5. The van der Waals surface area contributed by atoms with Crippen LogP contribution in [0.5, 0.6) is 0 Å². The van der Waals surface area contributed by atoms with Crippen LogP contribution in [-0.2, 0) is 0 Å². The van der Waals surface area contributed by atoms with Crippen LogP contribution in [0.3, 0.4) is 0 Å². The minimum atomic E-state index is 0.411. The summed E-state index contributed by atoms with van der Waals surface area (Å²) in [7, 11) is 2.04. The fourth-order valence-corrected chi connectivity index (χ4v) is 1.88. The Bertz CT molecular complexity index is 540. The van der Waals surface area contributed by atoms with Gasteiger partial charge in [-0.15, -0.1) is 0 Å². The second-order valence-corrected chi connectivity index (χ2v) is 4.40. The maximum absolute atomic E-state index is 5.42. The van der Waals surface area contributed by atoms with Crippen molar-refractivity contribution in [1.82, 2.24) is 9.97 Å². The van der Waals surface area contributed by atoms with Crippen molar-refractivity contribution in [2.24, 2.45) is 5.84 Å². The normalized spacial score (nSPS) is 12.4. The number of nitrogens with two attached hydrogens (primary N) is 1. The number of nitrogen functional groups attached to an aromatic ring is 1. The summed E-state index contributed by atoms with van der Waals surface area (Å²) in [5.41, 5.74) is 3.42. The molecule has 1 aromatic heterocycles. The Kier molecular flexibility index (Phi) is 3.62. The van der Waals surface area contributed by atoms with Crippen molar-refractivity contribution >= 4 is 22.7 Å². The third-order valence-electron chi connectivity index (χ3n) is 3.30. The summed E-state index contributed by atoms with van der Waals surface area (Å²) in [4.78, 5) is 11.0. The van der Waals surface area contributed by atoms with Gasteiger partial charge in [-0.25, -0.2) is 10.8 Å². The Morgan fingerprint density at radius 2 is 2.06 bits per heavy atom. The summed E-state index contributed by atoms with van der Waals surface area (Å²) in [5, 5.41) is 1.04. The Labute approximate surface area is 107 Å². The molecule has 0 bridgehead atoms. The van der Waals surface area contributed by atoms with Gasteiger partial charge in [-0.1, -0.05) is 19.1 Å². The molecule has 0 spiro atoms. The van der Waals surface area contributed by atoms with Gasteiger partial charge in [0.25, 0.3) is 0 Å². The lowest BCUT2D eigenvalue weighted by Gasteiger charge is -2.26. The molecule has 0 saturated carbocycles. The standard InChI is InChI=1S/C13H19N5/c1-4-9(2)18(3)12-10-7-5-6-8-11(10)15-13(16-12)17-14/h5-9H,4,14H2,1-3H3,(H,15,16,17). The van der Waals surface area contributed by atoms with Crippen LogP contribution in [0.15, 0.2) is 24.3 Å². The zero-order valence-electron chi connectivity index (χ0n) is 11.0. The van der Waals surface area contributed by atoms with E-state index in [1.165, 1.54) is 0 Å². The second kappa shape index (κ2) is 5.18. The monoisotopic (exact) mass is 245 g/mol. The molecule has 2 rings (SSSR count). The summed E-state index contributed by atoms with van der Waals surface area (Å²) in [5.74, 6) is 6.77. The lowest BCUT2D eigenvalue weighted by atomic mass is 10.2. The fourth-order valence-electron chi connectivity index (χ4n) is 1.88. The minimum Gasteiger partial charge on any atom is -0.356 e. The Morgan fingerprint density at radius 1 is 1.33 bits per heavy atom. The average molecular weight is 245 g/mol. The first kappa shape index (κ1) is 12.6. The van der Waals surface area contributed by atoms with Crippen molar-refractivity contribution in [2.45, 2.75) is 26.3 Å². The number of hydrazine groups is 1. The van der Waals surface area contributed by atoms with Crippen molar-refractivity contribution < 1.29 is 0 Å². The van der Waals surface area contributed by atoms with E-state index in [2.05, 4.69) is 34.1 Å². The van der Waals surface area contributed by atoms with Crippen molar-refractivity contribution in [1.29, 1.82) is 0 Å². The SMILES string of the molecule is CCC(C)N(C)c1nc(NN)nc2ccccc12. The molecule has 2 aromatic rings. The summed E-state index contributed by atoms with van der Waals surface area (Å²) in [6, 6.07) is 8.36. The summed E-state index contributed by atoms with van der Waals surface area (Å²) in [6.45, 7) is 4.33. The van der Waals surface area contributed by atoms with Gasteiger partial charge in [0, 0.05) is 18.5 Å². The van der Waals surface area contributed by atoms with Gasteiger partial charge in [-0.3, -0.25) is 5.43 Å². The van der Waals surface area contributed by atoms with Crippen LogP contribution in [0.4, 0.5) is 11.8 Å². The highest BCUT2D eigenvalue weighted by molar-refractivity contribution is 5.90. The molecule has 0 aliphatic rings. The Morgan fingerprint density at radius 3 is 2.72 bits per heavy atom. The number of para-hydroxylation sites is 1. The number of aromatic nitrogens is 2. The van der Waals surface area contributed by atoms with Gasteiger partial charge >= 0.3 is 0 Å². The number of hydrogen-bond donors (Lipinski definition) is 2. The Hall–Kier alpha value is -1.88. The number of nitrogens with zero attached hydrogens (tertiary/aromatic N) is 3. The molecule has 1 heterocycles. The highest BCUT2D eigenvalue weighted by atomic mass is 15.3. The first-order valence-electron chi connectivity index (χ1n) is 6.13. The van der Waals surface area contributed by atoms with Crippen molar-refractivity contribution in [3.8, 4) is 0 Å². The maximum Gasteiger partial charge on any atom is 0.239 e. The van der Waals surface area contributed by atoms with Gasteiger partial charge in [0.1, 0.15) is 5.82 Å². The van der Waals surface area contributed by atoms with E-state index in [9.17, 15) is 0 Å². The lowest BCUT2D eigenvalue weighted by molar-refractivity contribution is 0.659. The van der Waals surface area contributed by atoms with Crippen LogP contribution in [0.2, 0.25) is 0 Å². The predicted molar refractivity (Wildman–Crippen MR) is 75.5 cm³/mol. The van der Waals surface area contributed by atoms with Gasteiger partial charge in [0.15, 0.2) is 0 Å². The quantitative estimate of drug-likeness (QED) is 0.638. The van der Waals surface area contributed by atoms with Crippen LogP contribution in [0.1, 0.15) is 20.3 Å². The molecule has 0 radical (unpaired) electrons. The third kappa shape index (κ3) is 2.22. The largest absolute Gasteiger partial charge is 0.356 e. The second-order valence-electron chi connectivity index (χ2n) is 4.40. The van der Waals surface area contributed by atoms with Crippen LogP contribution < -0.4 is 16.2 Å². The van der Waals surface area contributed by atoms with E-state index in [0.29, 0.717) is 12.0 Å². The average Bonchev–Trinajstić information content (AvgIpc) is 2.44. The lowest BCUT2D eigenvalue weighted by Crippen LogP contribution is -2.29. The molecule has 5 nitrogen and oxygen atoms in total. The van der Waals surface area contributed by atoms with E-state index in [1.807, 2.05) is 31.3 Å². The molecular weight excluding hydrogens is 226 g/mol. The zero-order valence-corrected chi connectivity index (χ0v) is 11.0. The number of nitrogens with one attached hydrogen (secondary N) is 1. The van der Waals surface area contributed by atoms with Crippen LogP contribution in [0, 0.1) is 0 Å². The van der Waals surface area contributed by atoms with Gasteiger partial charge in [-0.2, -0.15) is 4.98 Å². The number of rotatable bonds is 4. The molecule has 1 unspecified atom stereocenters. The third-order valence-corrected chi connectivity index (χ3v) is 3.30. The van der Waals surface area contributed by atoms with Crippen LogP contribution in [-0.4, -0.2) is 23.1 Å². The Balaban J connectivity index is 2.60. The summed E-state index contributed by atoms with van der Waals surface area (Å²) >= 11 is 0. The van der Waals surface area contributed by atoms with E-state index in [-0.39, 0.29) is 0 Å². The number of fused-ring (bicyclic) bond motifs is 1. The van der Waals surface area contributed by atoms with Crippen LogP contribution >= 0.6 is 0 Å². The molecule has 3 N–H and O–H groups in total. The number of anilines is 2. The maximum atomic E-state index is 5.42. The minimum absolute atomic E-state index is 0.411. The molecule has 1 aromatic carbocycles. The molecule has 96 valence electrons. The highest BCUT2D eigenvalue weighted by Gasteiger charge is 2.14. The van der Waals surface area contributed by atoms with E-state index in [4.69, 9.17) is 5.84 Å². The zero-order chi connectivity index (χ0) is 13.1.